The van der Waals surface area contributed by atoms with Crippen LogP contribution >= 0.6 is 0 Å². The Morgan fingerprint density at radius 3 is 2.62 bits per heavy atom. The first-order valence-electron chi connectivity index (χ1n) is 7.18. The molecular formula is C16H22N4O. The van der Waals surface area contributed by atoms with Crippen LogP contribution in [0.1, 0.15) is 24.7 Å². The van der Waals surface area contributed by atoms with Gasteiger partial charge in [0.15, 0.2) is 0 Å². The molecule has 112 valence electrons. The number of aromatic nitrogens is 2. The standard InChI is InChI=1S/C16H22N4O/c1-3-9-19-16(15(17)21,14-7-5-4-6-8-14)12-20-11-10-18-13(20)2/h4-8,10-11,19H,3,9,12H2,1-2H3,(H2,17,21). The van der Waals surface area contributed by atoms with Gasteiger partial charge in [0.1, 0.15) is 11.4 Å². The van der Waals surface area contributed by atoms with Crippen LogP contribution in [-0.2, 0) is 16.9 Å². The Bertz CT molecular complexity index is 593. The van der Waals surface area contributed by atoms with E-state index in [1.807, 2.05) is 48.0 Å². The lowest BCUT2D eigenvalue weighted by Gasteiger charge is -2.33. The molecule has 1 amide bonds. The number of benzene rings is 1. The Morgan fingerprint density at radius 1 is 1.38 bits per heavy atom. The van der Waals surface area contributed by atoms with Crippen LogP contribution in [0.3, 0.4) is 0 Å². The van der Waals surface area contributed by atoms with Gasteiger partial charge >= 0.3 is 0 Å². The second kappa shape index (κ2) is 6.54. The van der Waals surface area contributed by atoms with Gasteiger partial charge < -0.3 is 10.3 Å². The molecule has 0 aliphatic heterocycles. The highest BCUT2D eigenvalue weighted by atomic mass is 16.1. The number of carbonyl (C=O) groups is 1. The highest BCUT2D eigenvalue weighted by Crippen LogP contribution is 2.24. The van der Waals surface area contributed by atoms with Crippen molar-refractivity contribution < 1.29 is 4.79 Å². The molecule has 1 aromatic heterocycles. The lowest BCUT2D eigenvalue weighted by atomic mass is 9.88. The minimum Gasteiger partial charge on any atom is -0.368 e. The first-order chi connectivity index (χ1) is 10.1. The van der Waals surface area contributed by atoms with Crippen LogP contribution in [0.4, 0.5) is 0 Å². The van der Waals surface area contributed by atoms with Gasteiger partial charge in [0, 0.05) is 12.4 Å². The molecule has 1 unspecified atom stereocenters. The number of amides is 1. The van der Waals surface area contributed by atoms with Crippen molar-refractivity contribution in [3.05, 3.63) is 54.1 Å². The molecule has 0 bridgehead atoms. The molecule has 2 aromatic rings. The number of hydrogen-bond acceptors (Lipinski definition) is 3. The number of nitrogens with one attached hydrogen (secondary N) is 1. The summed E-state index contributed by atoms with van der Waals surface area (Å²) in [6.07, 6.45) is 4.51. The highest BCUT2D eigenvalue weighted by Gasteiger charge is 2.38. The molecule has 5 heteroatoms. The van der Waals surface area contributed by atoms with Crippen molar-refractivity contribution in [2.75, 3.05) is 6.54 Å². The van der Waals surface area contributed by atoms with E-state index in [2.05, 4.69) is 17.2 Å². The molecule has 1 atom stereocenters. The lowest BCUT2D eigenvalue weighted by molar-refractivity contribution is -0.125. The number of nitrogens with two attached hydrogens (primary N) is 1. The van der Waals surface area contributed by atoms with E-state index >= 15 is 0 Å². The molecular weight excluding hydrogens is 264 g/mol. The predicted octanol–water partition coefficient (Wildman–Crippen LogP) is 1.57. The number of aryl methyl sites for hydroxylation is 1. The second-order valence-corrected chi connectivity index (χ2v) is 5.16. The molecule has 0 saturated carbocycles. The van der Waals surface area contributed by atoms with Crippen molar-refractivity contribution in [3.8, 4) is 0 Å². The van der Waals surface area contributed by atoms with E-state index < -0.39 is 5.54 Å². The van der Waals surface area contributed by atoms with Gasteiger partial charge in [0.25, 0.3) is 0 Å². The SMILES string of the molecule is CCCNC(Cn1ccnc1C)(C(N)=O)c1ccccc1. The summed E-state index contributed by atoms with van der Waals surface area (Å²) in [4.78, 5) is 16.5. The molecule has 21 heavy (non-hydrogen) atoms. The van der Waals surface area contributed by atoms with Crippen LogP contribution in [0, 0.1) is 6.92 Å². The lowest BCUT2D eigenvalue weighted by Crippen LogP contribution is -2.55. The van der Waals surface area contributed by atoms with Crippen LogP contribution in [0.25, 0.3) is 0 Å². The highest BCUT2D eigenvalue weighted by molar-refractivity contribution is 5.86. The molecule has 0 radical (unpaired) electrons. The Hall–Kier alpha value is -2.14. The molecule has 0 aliphatic carbocycles. The molecule has 1 aromatic carbocycles. The third-order valence-corrected chi connectivity index (χ3v) is 3.70. The Kier molecular flexibility index (Phi) is 4.75. The summed E-state index contributed by atoms with van der Waals surface area (Å²) in [6, 6.07) is 9.62. The van der Waals surface area contributed by atoms with Crippen LogP contribution in [0.2, 0.25) is 0 Å². The van der Waals surface area contributed by atoms with Crippen molar-refractivity contribution in [2.45, 2.75) is 32.4 Å². The number of imidazole rings is 1. The number of hydrogen-bond donors (Lipinski definition) is 2. The van der Waals surface area contributed by atoms with Crippen molar-refractivity contribution in [1.82, 2.24) is 14.9 Å². The van der Waals surface area contributed by atoms with Gasteiger partial charge in [-0.3, -0.25) is 10.1 Å². The fourth-order valence-corrected chi connectivity index (χ4v) is 2.44. The van der Waals surface area contributed by atoms with Gasteiger partial charge in [-0.15, -0.1) is 0 Å². The van der Waals surface area contributed by atoms with Crippen molar-refractivity contribution in [1.29, 1.82) is 0 Å². The topological polar surface area (TPSA) is 72.9 Å². The number of primary amides is 1. The molecule has 2 rings (SSSR count). The average molecular weight is 286 g/mol. The quantitative estimate of drug-likeness (QED) is 0.811. The van der Waals surface area contributed by atoms with Crippen molar-refractivity contribution in [3.63, 3.8) is 0 Å². The maximum Gasteiger partial charge on any atom is 0.244 e. The Morgan fingerprint density at radius 2 is 2.10 bits per heavy atom. The maximum atomic E-state index is 12.3. The third kappa shape index (κ3) is 3.13. The molecule has 0 fully saturated rings. The second-order valence-electron chi connectivity index (χ2n) is 5.16. The van der Waals surface area contributed by atoms with Gasteiger partial charge in [0.2, 0.25) is 5.91 Å². The van der Waals surface area contributed by atoms with Crippen LogP contribution in [-0.4, -0.2) is 22.0 Å². The van der Waals surface area contributed by atoms with Gasteiger partial charge in [-0.25, -0.2) is 4.98 Å². The first kappa shape index (κ1) is 15.3. The van der Waals surface area contributed by atoms with E-state index in [0.29, 0.717) is 13.1 Å². The monoisotopic (exact) mass is 286 g/mol. The van der Waals surface area contributed by atoms with Crippen molar-refractivity contribution in [2.24, 2.45) is 5.73 Å². The summed E-state index contributed by atoms with van der Waals surface area (Å²) in [6.45, 7) is 5.12. The predicted molar refractivity (Wildman–Crippen MR) is 82.6 cm³/mol. The van der Waals surface area contributed by atoms with Crippen LogP contribution in [0.15, 0.2) is 42.7 Å². The fraction of sp³-hybridized carbons (Fsp3) is 0.375. The minimum atomic E-state index is -0.928. The summed E-state index contributed by atoms with van der Waals surface area (Å²) >= 11 is 0. The average Bonchev–Trinajstić information content (AvgIpc) is 2.89. The molecule has 0 aliphatic rings. The summed E-state index contributed by atoms with van der Waals surface area (Å²) in [5.41, 5.74) is 5.72. The number of rotatable bonds is 7. The minimum absolute atomic E-state index is 0.379. The molecule has 5 nitrogen and oxygen atoms in total. The Balaban J connectivity index is 2.45. The normalized spacial score (nSPS) is 13.8. The van der Waals surface area contributed by atoms with E-state index in [1.54, 1.807) is 6.20 Å². The summed E-state index contributed by atoms with van der Waals surface area (Å²) in [5.74, 6) is 0.477. The van der Waals surface area contributed by atoms with E-state index in [4.69, 9.17) is 5.73 Å². The fourth-order valence-electron chi connectivity index (χ4n) is 2.44. The van der Waals surface area contributed by atoms with Gasteiger partial charge in [-0.1, -0.05) is 37.3 Å². The zero-order valence-corrected chi connectivity index (χ0v) is 12.5. The summed E-state index contributed by atoms with van der Waals surface area (Å²) < 4.78 is 1.94. The smallest absolute Gasteiger partial charge is 0.244 e. The molecule has 0 spiro atoms. The maximum absolute atomic E-state index is 12.3. The molecule has 3 N–H and O–H groups in total. The van der Waals surface area contributed by atoms with Crippen LogP contribution < -0.4 is 11.1 Å². The van der Waals surface area contributed by atoms with E-state index in [9.17, 15) is 4.79 Å². The molecule has 1 heterocycles. The summed E-state index contributed by atoms with van der Waals surface area (Å²) in [7, 11) is 0. The largest absolute Gasteiger partial charge is 0.368 e. The van der Waals surface area contributed by atoms with Crippen LogP contribution in [0.5, 0.6) is 0 Å². The zero-order chi connectivity index (χ0) is 15.3. The van der Waals surface area contributed by atoms with Crippen molar-refractivity contribution >= 4 is 5.91 Å². The molecule has 0 saturated heterocycles. The number of nitrogens with zero attached hydrogens (tertiary/aromatic N) is 2. The third-order valence-electron chi connectivity index (χ3n) is 3.70. The van der Waals surface area contributed by atoms with E-state index in [-0.39, 0.29) is 5.91 Å². The number of carbonyl (C=O) groups excluding carboxylic acids is 1. The Labute approximate surface area is 125 Å². The zero-order valence-electron chi connectivity index (χ0n) is 12.5. The van der Waals surface area contributed by atoms with Gasteiger partial charge in [-0.2, -0.15) is 0 Å². The van der Waals surface area contributed by atoms with E-state index in [1.165, 1.54) is 0 Å². The summed E-state index contributed by atoms with van der Waals surface area (Å²) in [5, 5.41) is 3.34. The van der Waals surface area contributed by atoms with Gasteiger partial charge in [-0.05, 0) is 25.5 Å². The van der Waals surface area contributed by atoms with Gasteiger partial charge in [0.05, 0.1) is 6.54 Å². The first-order valence-corrected chi connectivity index (χ1v) is 7.18. The van der Waals surface area contributed by atoms with E-state index in [0.717, 1.165) is 17.8 Å².